The van der Waals surface area contributed by atoms with E-state index < -0.39 is 17.5 Å². The molecule has 0 amide bonds. The first-order valence-electron chi connectivity index (χ1n) is 10.5. The Morgan fingerprint density at radius 1 is 0.941 bits per heavy atom. The zero-order valence-corrected chi connectivity index (χ0v) is 20.2. The van der Waals surface area contributed by atoms with E-state index in [1.165, 1.54) is 6.07 Å². The summed E-state index contributed by atoms with van der Waals surface area (Å²) in [6, 6.07) is 8.52. The van der Waals surface area contributed by atoms with E-state index in [0.29, 0.717) is 22.6 Å². The van der Waals surface area contributed by atoms with E-state index in [-0.39, 0.29) is 26.7 Å². The van der Waals surface area contributed by atoms with Crippen molar-refractivity contribution in [2.24, 2.45) is 0 Å². The molecular formula is C25H20Cl2N2O5. The van der Waals surface area contributed by atoms with Gasteiger partial charge in [0.05, 0.1) is 21.2 Å². The highest BCUT2D eigenvalue weighted by Crippen LogP contribution is 2.60. The van der Waals surface area contributed by atoms with Gasteiger partial charge in [0.2, 0.25) is 0 Å². The number of benzene rings is 3. The third kappa shape index (κ3) is 2.83. The molecule has 0 aliphatic carbocycles. The maximum Gasteiger partial charge on any atom is 0.341 e. The fourth-order valence-corrected chi connectivity index (χ4v) is 5.47. The van der Waals surface area contributed by atoms with Gasteiger partial charge in [0.1, 0.15) is 11.5 Å². The Bertz CT molecular complexity index is 1370. The first-order chi connectivity index (χ1) is 16.1. The van der Waals surface area contributed by atoms with Crippen LogP contribution < -0.4 is 15.4 Å². The summed E-state index contributed by atoms with van der Waals surface area (Å²) in [6.07, 6.45) is 0. The zero-order chi connectivity index (χ0) is 24.5. The van der Waals surface area contributed by atoms with Crippen LogP contribution in [0.25, 0.3) is 0 Å². The van der Waals surface area contributed by atoms with Crippen LogP contribution in [0.3, 0.4) is 0 Å². The van der Waals surface area contributed by atoms with Gasteiger partial charge in [-0.25, -0.2) is 9.59 Å². The lowest BCUT2D eigenvalue weighted by Crippen LogP contribution is -2.34. The minimum absolute atomic E-state index is 0.0413. The molecule has 0 saturated carbocycles. The molecule has 9 heteroatoms. The van der Waals surface area contributed by atoms with E-state index in [4.69, 9.17) is 32.7 Å². The van der Waals surface area contributed by atoms with Gasteiger partial charge < -0.3 is 25.2 Å². The number of carbonyl (C=O) groups excluding carboxylic acids is 1. The Kier molecular flexibility index (Phi) is 4.97. The molecule has 3 N–H and O–H groups in total. The third-order valence-corrected chi connectivity index (χ3v) is 7.11. The number of nitrogens with one attached hydrogen (secondary N) is 2. The van der Waals surface area contributed by atoms with Crippen LogP contribution in [0.5, 0.6) is 11.5 Å². The quantitative estimate of drug-likeness (QED) is 0.383. The molecule has 174 valence electrons. The van der Waals surface area contributed by atoms with Crippen molar-refractivity contribution in [1.82, 2.24) is 0 Å². The van der Waals surface area contributed by atoms with Gasteiger partial charge in [0.15, 0.2) is 5.60 Å². The molecule has 1 spiro atoms. The number of carbonyl (C=O) groups is 2. The van der Waals surface area contributed by atoms with Gasteiger partial charge in [0.25, 0.3) is 0 Å². The largest absolute Gasteiger partial charge is 0.478 e. The summed E-state index contributed by atoms with van der Waals surface area (Å²) < 4.78 is 12.4. The lowest BCUT2D eigenvalue weighted by molar-refractivity contribution is 0.0224. The molecule has 34 heavy (non-hydrogen) atoms. The van der Waals surface area contributed by atoms with Gasteiger partial charge >= 0.3 is 11.9 Å². The molecule has 3 aromatic rings. The van der Waals surface area contributed by atoms with Crippen molar-refractivity contribution < 1.29 is 24.2 Å². The van der Waals surface area contributed by atoms with Crippen LogP contribution >= 0.6 is 23.2 Å². The van der Waals surface area contributed by atoms with Crippen molar-refractivity contribution in [3.05, 3.63) is 79.3 Å². The Morgan fingerprint density at radius 2 is 1.47 bits per heavy atom. The smallest absolute Gasteiger partial charge is 0.341 e. The van der Waals surface area contributed by atoms with Crippen molar-refractivity contribution in [2.45, 2.75) is 19.4 Å². The number of carboxylic acids is 1. The first kappa shape index (κ1) is 22.4. The van der Waals surface area contributed by atoms with E-state index in [9.17, 15) is 14.7 Å². The van der Waals surface area contributed by atoms with Gasteiger partial charge in [-0.1, -0.05) is 23.2 Å². The second kappa shape index (κ2) is 7.55. The lowest BCUT2D eigenvalue weighted by Gasteiger charge is -2.38. The maximum absolute atomic E-state index is 13.3. The topological polar surface area (TPSA) is 96.9 Å². The summed E-state index contributed by atoms with van der Waals surface area (Å²) in [7, 11) is 3.59. The number of aryl methyl sites for hydroxylation is 2. The highest BCUT2D eigenvalue weighted by molar-refractivity contribution is 6.39. The van der Waals surface area contributed by atoms with Gasteiger partial charge in [-0.3, -0.25) is 0 Å². The average Bonchev–Trinajstić information content (AvgIpc) is 3.11. The van der Waals surface area contributed by atoms with E-state index in [0.717, 1.165) is 22.5 Å². The monoisotopic (exact) mass is 498 g/mol. The Morgan fingerprint density at radius 3 is 1.94 bits per heavy atom. The highest BCUT2D eigenvalue weighted by atomic mass is 35.5. The van der Waals surface area contributed by atoms with Crippen molar-refractivity contribution in [3.63, 3.8) is 0 Å². The number of anilines is 2. The predicted octanol–water partition coefficient (Wildman–Crippen LogP) is 5.96. The van der Waals surface area contributed by atoms with Crippen LogP contribution in [0.2, 0.25) is 10.0 Å². The van der Waals surface area contributed by atoms with Crippen molar-refractivity contribution in [3.8, 4) is 11.5 Å². The summed E-state index contributed by atoms with van der Waals surface area (Å²) in [5.41, 5.74) is 2.93. The molecule has 0 radical (unpaired) electrons. The lowest BCUT2D eigenvalue weighted by atomic mass is 9.76. The molecular weight excluding hydrogens is 479 g/mol. The Balaban J connectivity index is 1.97. The molecule has 3 aromatic carbocycles. The van der Waals surface area contributed by atoms with Gasteiger partial charge in [-0.2, -0.15) is 0 Å². The molecule has 5 rings (SSSR count). The number of rotatable bonds is 3. The summed E-state index contributed by atoms with van der Waals surface area (Å²) in [5, 5.41) is 15.9. The third-order valence-electron chi connectivity index (χ3n) is 6.42. The second-order valence-corrected chi connectivity index (χ2v) is 9.06. The minimum atomic E-state index is -1.55. The SMILES string of the molecule is CNc1cc2c(cc1C)C1(OC(=O)c3c(Cl)cc(C(=O)O)c(Cl)c31)c1cc(C)c(NC)cc1O2. The summed E-state index contributed by atoms with van der Waals surface area (Å²) >= 11 is 13.1. The van der Waals surface area contributed by atoms with Crippen LogP contribution in [0.15, 0.2) is 30.3 Å². The molecule has 2 heterocycles. The van der Waals surface area contributed by atoms with Crippen molar-refractivity contribution >= 4 is 46.5 Å². The van der Waals surface area contributed by atoms with Gasteiger partial charge in [0, 0.05) is 54.3 Å². The molecule has 0 bridgehead atoms. The standard InChI is InChI=1S/C25H20Cl2N2O5/c1-10-5-13-18(8-16(10)28-3)33-19-9-17(29-4)11(2)6-14(19)25(13)21-20(24(32)34-25)15(26)7-12(22(21)27)23(30)31/h5-9,28-29H,1-4H3,(H,30,31). The van der Waals surface area contributed by atoms with Crippen molar-refractivity contribution in [1.29, 1.82) is 0 Å². The van der Waals surface area contributed by atoms with Crippen LogP contribution in [0.1, 0.15) is 48.5 Å². The van der Waals surface area contributed by atoms with Crippen molar-refractivity contribution in [2.75, 3.05) is 24.7 Å². The van der Waals surface area contributed by atoms with E-state index in [2.05, 4.69) is 10.6 Å². The normalized spacial score (nSPS) is 14.6. The molecule has 2 aliphatic rings. The van der Waals surface area contributed by atoms with Crippen LogP contribution in [-0.4, -0.2) is 31.1 Å². The molecule has 0 unspecified atom stereocenters. The average molecular weight is 499 g/mol. The zero-order valence-electron chi connectivity index (χ0n) is 18.7. The van der Waals surface area contributed by atoms with E-state index in [1.54, 1.807) is 14.1 Å². The molecule has 0 saturated heterocycles. The molecule has 2 aliphatic heterocycles. The first-order valence-corrected chi connectivity index (χ1v) is 11.2. The maximum atomic E-state index is 13.3. The van der Waals surface area contributed by atoms with E-state index in [1.807, 2.05) is 38.1 Å². The Hall–Kier alpha value is -3.42. The number of halogens is 2. The number of hydrogen-bond acceptors (Lipinski definition) is 6. The molecule has 7 nitrogen and oxygen atoms in total. The van der Waals surface area contributed by atoms with Crippen LogP contribution in [0, 0.1) is 13.8 Å². The fraction of sp³-hybridized carbons (Fsp3) is 0.200. The van der Waals surface area contributed by atoms with E-state index >= 15 is 0 Å². The van der Waals surface area contributed by atoms with Crippen LogP contribution in [0.4, 0.5) is 11.4 Å². The van der Waals surface area contributed by atoms with Gasteiger partial charge in [-0.05, 0) is 43.2 Å². The highest BCUT2D eigenvalue weighted by Gasteiger charge is 2.56. The van der Waals surface area contributed by atoms with Crippen LogP contribution in [-0.2, 0) is 10.3 Å². The number of hydrogen-bond donors (Lipinski definition) is 3. The summed E-state index contributed by atoms with van der Waals surface area (Å²) in [4.78, 5) is 25.2. The number of ether oxygens (including phenoxy) is 2. The molecule has 0 aromatic heterocycles. The molecule has 0 atom stereocenters. The second-order valence-electron chi connectivity index (χ2n) is 8.27. The summed E-state index contributed by atoms with van der Waals surface area (Å²) in [5.74, 6) is -1.06. The minimum Gasteiger partial charge on any atom is -0.478 e. The Labute approximate surface area is 205 Å². The number of esters is 1. The number of aromatic carboxylic acids is 1. The fourth-order valence-electron chi connectivity index (χ4n) is 4.83. The summed E-state index contributed by atoms with van der Waals surface area (Å²) in [6.45, 7) is 3.81. The number of fused-ring (bicyclic) bond motifs is 6. The predicted molar refractivity (Wildman–Crippen MR) is 130 cm³/mol. The van der Waals surface area contributed by atoms with Gasteiger partial charge in [-0.15, -0.1) is 0 Å². The number of carboxylic acid groups (broad SMARTS) is 1. The molecule has 0 fully saturated rings.